The van der Waals surface area contributed by atoms with E-state index >= 15 is 0 Å². The standard InChI is InChI=1S/C15H21NO/c1-11-4-5-12(2)13(10-11)14(17)15(3)6-8-16-9-7-15/h4-5,10,16H,6-9H2,1-3H3. The van der Waals surface area contributed by atoms with E-state index in [-0.39, 0.29) is 5.41 Å². The van der Waals surface area contributed by atoms with Crippen molar-refractivity contribution in [1.82, 2.24) is 5.32 Å². The highest BCUT2D eigenvalue weighted by molar-refractivity contribution is 6.01. The lowest BCUT2D eigenvalue weighted by Crippen LogP contribution is -2.40. The topological polar surface area (TPSA) is 29.1 Å². The van der Waals surface area contributed by atoms with Crippen LogP contribution in [0.4, 0.5) is 0 Å². The molecule has 0 radical (unpaired) electrons. The van der Waals surface area contributed by atoms with Gasteiger partial charge in [0.25, 0.3) is 0 Å². The predicted molar refractivity (Wildman–Crippen MR) is 70.5 cm³/mol. The Hall–Kier alpha value is -1.15. The van der Waals surface area contributed by atoms with E-state index in [1.165, 1.54) is 0 Å². The van der Waals surface area contributed by atoms with E-state index in [2.05, 4.69) is 18.3 Å². The van der Waals surface area contributed by atoms with E-state index in [1.807, 2.05) is 26.0 Å². The van der Waals surface area contributed by atoms with Crippen molar-refractivity contribution < 1.29 is 4.79 Å². The van der Waals surface area contributed by atoms with E-state index in [0.29, 0.717) is 5.78 Å². The Labute approximate surface area is 103 Å². The molecule has 1 fully saturated rings. The van der Waals surface area contributed by atoms with Gasteiger partial charge in [-0.15, -0.1) is 0 Å². The Morgan fingerprint density at radius 1 is 1.24 bits per heavy atom. The molecule has 0 amide bonds. The van der Waals surface area contributed by atoms with Crippen LogP contribution in [-0.2, 0) is 0 Å². The van der Waals surface area contributed by atoms with Crippen LogP contribution >= 0.6 is 0 Å². The number of hydrogen-bond donors (Lipinski definition) is 1. The number of benzene rings is 1. The smallest absolute Gasteiger partial charge is 0.169 e. The number of rotatable bonds is 2. The molecule has 0 unspecified atom stereocenters. The highest BCUT2D eigenvalue weighted by Crippen LogP contribution is 2.33. The van der Waals surface area contributed by atoms with E-state index in [0.717, 1.165) is 42.6 Å². The van der Waals surface area contributed by atoms with Gasteiger partial charge in [0, 0.05) is 11.0 Å². The Kier molecular flexibility index (Phi) is 3.34. The van der Waals surface area contributed by atoms with Crippen LogP contribution in [0.3, 0.4) is 0 Å². The fraction of sp³-hybridized carbons (Fsp3) is 0.533. The van der Waals surface area contributed by atoms with E-state index < -0.39 is 0 Å². The first-order valence-corrected chi connectivity index (χ1v) is 6.36. The molecule has 1 aliphatic heterocycles. The maximum absolute atomic E-state index is 12.7. The number of carbonyl (C=O) groups is 1. The van der Waals surface area contributed by atoms with Crippen LogP contribution < -0.4 is 5.32 Å². The molecule has 1 saturated heterocycles. The van der Waals surface area contributed by atoms with Gasteiger partial charge in [0.2, 0.25) is 0 Å². The molecule has 0 atom stereocenters. The van der Waals surface area contributed by atoms with Gasteiger partial charge in [0.05, 0.1) is 0 Å². The Balaban J connectivity index is 2.32. The summed E-state index contributed by atoms with van der Waals surface area (Å²) in [6.45, 7) is 8.08. The van der Waals surface area contributed by atoms with Gasteiger partial charge < -0.3 is 5.32 Å². The van der Waals surface area contributed by atoms with Crippen LogP contribution in [0.5, 0.6) is 0 Å². The van der Waals surface area contributed by atoms with Crippen molar-refractivity contribution in [2.24, 2.45) is 5.41 Å². The summed E-state index contributed by atoms with van der Waals surface area (Å²) in [4.78, 5) is 12.7. The van der Waals surface area contributed by atoms with Crippen molar-refractivity contribution in [3.8, 4) is 0 Å². The normalized spacial score (nSPS) is 19.0. The first-order valence-electron chi connectivity index (χ1n) is 6.36. The third kappa shape index (κ3) is 2.42. The van der Waals surface area contributed by atoms with Gasteiger partial charge in [0.1, 0.15) is 0 Å². The maximum Gasteiger partial charge on any atom is 0.169 e. The van der Waals surface area contributed by atoms with Crippen LogP contribution in [0.2, 0.25) is 0 Å². The minimum atomic E-state index is -0.177. The molecule has 0 spiro atoms. The molecule has 2 heteroatoms. The van der Waals surface area contributed by atoms with Gasteiger partial charge in [-0.25, -0.2) is 0 Å². The van der Waals surface area contributed by atoms with E-state index in [9.17, 15) is 4.79 Å². The summed E-state index contributed by atoms with van der Waals surface area (Å²) in [5.74, 6) is 0.320. The second-order valence-electron chi connectivity index (χ2n) is 5.46. The van der Waals surface area contributed by atoms with Crippen LogP contribution in [0.1, 0.15) is 41.3 Å². The lowest BCUT2D eigenvalue weighted by molar-refractivity contribution is 0.0761. The van der Waals surface area contributed by atoms with Crippen LogP contribution in [0, 0.1) is 19.3 Å². The molecule has 1 heterocycles. The van der Waals surface area contributed by atoms with Crippen molar-refractivity contribution in [3.05, 3.63) is 34.9 Å². The number of hydrogen-bond acceptors (Lipinski definition) is 2. The maximum atomic E-state index is 12.7. The minimum Gasteiger partial charge on any atom is -0.317 e. The molecule has 0 saturated carbocycles. The average Bonchev–Trinajstić information content (AvgIpc) is 2.32. The Bertz CT molecular complexity index is 431. The van der Waals surface area contributed by atoms with Crippen molar-refractivity contribution >= 4 is 5.78 Å². The molecule has 1 N–H and O–H groups in total. The minimum absolute atomic E-state index is 0.177. The Morgan fingerprint density at radius 3 is 2.53 bits per heavy atom. The molecule has 0 bridgehead atoms. The van der Waals surface area contributed by atoms with Crippen molar-refractivity contribution in [2.45, 2.75) is 33.6 Å². The second kappa shape index (κ2) is 4.61. The van der Waals surface area contributed by atoms with Crippen LogP contribution in [-0.4, -0.2) is 18.9 Å². The zero-order valence-electron chi connectivity index (χ0n) is 11.0. The highest BCUT2D eigenvalue weighted by atomic mass is 16.1. The third-order valence-corrected chi connectivity index (χ3v) is 3.89. The molecule has 0 aromatic heterocycles. The summed E-state index contributed by atoms with van der Waals surface area (Å²) in [7, 11) is 0. The fourth-order valence-corrected chi connectivity index (χ4v) is 2.51. The van der Waals surface area contributed by atoms with Crippen LogP contribution in [0.25, 0.3) is 0 Å². The average molecular weight is 231 g/mol. The molecule has 92 valence electrons. The quantitative estimate of drug-likeness (QED) is 0.793. The van der Waals surface area contributed by atoms with Gasteiger partial charge in [-0.3, -0.25) is 4.79 Å². The monoisotopic (exact) mass is 231 g/mol. The number of carbonyl (C=O) groups excluding carboxylic acids is 1. The summed E-state index contributed by atoms with van der Waals surface area (Å²) < 4.78 is 0. The summed E-state index contributed by atoms with van der Waals surface area (Å²) in [6, 6.07) is 6.15. The lowest BCUT2D eigenvalue weighted by Gasteiger charge is -2.33. The molecule has 1 aromatic carbocycles. The van der Waals surface area contributed by atoms with E-state index in [1.54, 1.807) is 0 Å². The number of piperidine rings is 1. The lowest BCUT2D eigenvalue weighted by atomic mass is 9.74. The van der Waals surface area contributed by atoms with Crippen molar-refractivity contribution in [2.75, 3.05) is 13.1 Å². The predicted octanol–water partition coefficient (Wildman–Crippen LogP) is 2.88. The van der Waals surface area contributed by atoms with Gasteiger partial charge in [-0.05, 0) is 51.4 Å². The first kappa shape index (κ1) is 12.3. The van der Waals surface area contributed by atoms with E-state index in [4.69, 9.17) is 0 Å². The van der Waals surface area contributed by atoms with Gasteiger partial charge in [-0.2, -0.15) is 0 Å². The van der Waals surface area contributed by atoms with Crippen LogP contribution in [0.15, 0.2) is 18.2 Å². The van der Waals surface area contributed by atoms with Gasteiger partial charge in [0.15, 0.2) is 5.78 Å². The Morgan fingerprint density at radius 2 is 1.88 bits per heavy atom. The molecule has 1 aliphatic rings. The third-order valence-electron chi connectivity index (χ3n) is 3.89. The summed E-state index contributed by atoms with van der Waals surface area (Å²) in [6.07, 6.45) is 1.89. The summed E-state index contributed by atoms with van der Waals surface area (Å²) >= 11 is 0. The molecule has 1 aromatic rings. The second-order valence-corrected chi connectivity index (χ2v) is 5.46. The summed E-state index contributed by atoms with van der Waals surface area (Å²) in [5, 5.41) is 3.32. The SMILES string of the molecule is Cc1ccc(C)c(C(=O)C2(C)CCNCC2)c1. The summed E-state index contributed by atoms with van der Waals surface area (Å²) in [5.41, 5.74) is 3.00. The molecule has 0 aliphatic carbocycles. The first-order chi connectivity index (χ1) is 8.03. The van der Waals surface area contributed by atoms with Gasteiger partial charge >= 0.3 is 0 Å². The number of Topliss-reactive ketones (excluding diaryl/α,β-unsaturated/α-hetero) is 1. The molecular weight excluding hydrogens is 210 g/mol. The zero-order chi connectivity index (χ0) is 12.5. The molecule has 2 rings (SSSR count). The molecule has 2 nitrogen and oxygen atoms in total. The number of aryl methyl sites for hydroxylation is 2. The number of ketones is 1. The largest absolute Gasteiger partial charge is 0.317 e. The number of nitrogens with one attached hydrogen (secondary N) is 1. The van der Waals surface area contributed by atoms with Crippen molar-refractivity contribution in [1.29, 1.82) is 0 Å². The molecule has 17 heavy (non-hydrogen) atoms. The molecular formula is C15H21NO. The fourth-order valence-electron chi connectivity index (χ4n) is 2.51. The van der Waals surface area contributed by atoms with Crippen molar-refractivity contribution in [3.63, 3.8) is 0 Å². The van der Waals surface area contributed by atoms with Gasteiger partial charge in [-0.1, -0.05) is 24.6 Å². The zero-order valence-corrected chi connectivity index (χ0v) is 11.0. The highest BCUT2D eigenvalue weighted by Gasteiger charge is 2.35.